The summed E-state index contributed by atoms with van der Waals surface area (Å²) in [7, 11) is 0. The fourth-order valence-electron chi connectivity index (χ4n) is 2.59. The average Bonchev–Trinajstić information content (AvgIpc) is 3.06. The summed E-state index contributed by atoms with van der Waals surface area (Å²) in [5.74, 6) is 1.43. The van der Waals surface area contributed by atoms with Crippen molar-refractivity contribution in [3.8, 4) is 0 Å². The SMILES string of the molecule is CCOCCCNC(=O)[C@H]1CCC(=O)N1Cc1ccc(C)o1. The van der Waals surface area contributed by atoms with Crippen molar-refractivity contribution in [2.45, 2.75) is 45.7 Å². The molecule has 1 aromatic heterocycles. The molecule has 1 atom stereocenters. The van der Waals surface area contributed by atoms with Gasteiger partial charge in [0.1, 0.15) is 17.6 Å². The van der Waals surface area contributed by atoms with Gasteiger partial charge in [-0.25, -0.2) is 0 Å². The van der Waals surface area contributed by atoms with Crippen LogP contribution in [0.25, 0.3) is 0 Å². The number of amides is 2. The molecule has 2 amide bonds. The lowest BCUT2D eigenvalue weighted by Gasteiger charge is -2.23. The number of rotatable bonds is 8. The number of carbonyl (C=O) groups is 2. The summed E-state index contributed by atoms with van der Waals surface area (Å²) in [4.78, 5) is 25.9. The zero-order valence-electron chi connectivity index (χ0n) is 13.3. The molecule has 1 aromatic rings. The van der Waals surface area contributed by atoms with Gasteiger partial charge in [-0.1, -0.05) is 0 Å². The molecule has 1 fully saturated rings. The van der Waals surface area contributed by atoms with Gasteiger partial charge in [-0.15, -0.1) is 0 Å². The second kappa shape index (κ2) is 7.98. The largest absolute Gasteiger partial charge is 0.464 e. The van der Waals surface area contributed by atoms with Gasteiger partial charge in [0.2, 0.25) is 11.8 Å². The topological polar surface area (TPSA) is 71.8 Å². The second-order valence-electron chi connectivity index (χ2n) is 5.43. The van der Waals surface area contributed by atoms with Crippen molar-refractivity contribution < 1.29 is 18.7 Å². The lowest BCUT2D eigenvalue weighted by Crippen LogP contribution is -2.44. The Morgan fingerprint density at radius 1 is 1.50 bits per heavy atom. The molecule has 2 heterocycles. The zero-order chi connectivity index (χ0) is 15.9. The van der Waals surface area contributed by atoms with Crippen LogP contribution < -0.4 is 5.32 Å². The first-order valence-electron chi connectivity index (χ1n) is 7.82. The normalized spacial score (nSPS) is 18.0. The molecule has 2 rings (SSSR count). The van der Waals surface area contributed by atoms with Gasteiger partial charge in [0.15, 0.2) is 0 Å². The van der Waals surface area contributed by atoms with Crippen LogP contribution in [0.15, 0.2) is 16.5 Å². The van der Waals surface area contributed by atoms with E-state index in [2.05, 4.69) is 5.32 Å². The number of likely N-dealkylation sites (tertiary alicyclic amines) is 1. The van der Waals surface area contributed by atoms with Gasteiger partial charge < -0.3 is 19.4 Å². The highest BCUT2D eigenvalue weighted by Gasteiger charge is 2.36. The predicted molar refractivity (Wildman–Crippen MR) is 81.1 cm³/mol. The van der Waals surface area contributed by atoms with Gasteiger partial charge in [0.25, 0.3) is 0 Å². The van der Waals surface area contributed by atoms with Crippen molar-refractivity contribution in [2.75, 3.05) is 19.8 Å². The molecule has 0 radical (unpaired) electrons. The quantitative estimate of drug-likeness (QED) is 0.741. The number of hydrogen-bond acceptors (Lipinski definition) is 4. The molecule has 0 aliphatic carbocycles. The van der Waals surface area contributed by atoms with Gasteiger partial charge in [0, 0.05) is 26.2 Å². The number of nitrogens with zero attached hydrogens (tertiary/aromatic N) is 1. The Labute approximate surface area is 130 Å². The Morgan fingerprint density at radius 2 is 2.32 bits per heavy atom. The third-order valence-corrected chi connectivity index (χ3v) is 3.72. The van der Waals surface area contributed by atoms with E-state index in [9.17, 15) is 9.59 Å². The lowest BCUT2D eigenvalue weighted by atomic mass is 10.2. The maximum Gasteiger partial charge on any atom is 0.242 e. The van der Waals surface area contributed by atoms with Crippen LogP contribution in [-0.2, 0) is 20.9 Å². The Bertz CT molecular complexity index is 512. The highest BCUT2D eigenvalue weighted by atomic mass is 16.5. The minimum atomic E-state index is -0.398. The predicted octanol–water partition coefficient (Wildman–Crippen LogP) is 1.62. The van der Waals surface area contributed by atoms with Crippen LogP contribution in [0, 0.1) is 6.92 Å². The van der Waals surface area contributed by atoms with Crippen molar-refractivity contribution in [3.63, 3.8) is 0 Å². The summed E-state index contributed by atoms with van der Waals surface area (Å²) < 4.78 is 10.7. The van der Waals surface area contributed by atoms with E-state index < -0.39 is 6.04 Å². The molecule has 0 spiro atoms. The van der Waals surface area contributed by atoms with Crippen LogP contribution in [0.4, 0.5) is 0 Å². The summed E-state index contributed by atoms with van der Waals surface area (Å²) >= 11 is 0. The van der Waals surface area contributed by atoms with Crippen molar-refractivity contribution in [1.82, 2.24) is 10.2 Å². The highest BCUT2D eigenvalue weighted by molar-refractivity contribution is 5.90. The first kappa shape index (κ1) is 16.5. The van der Waals surface area contributed by atoms with Crippen molar-refractivity contribution >= 4 is 11.8 Å². The molecule has 1 N–H and O–H groups in total. The first-order valence-corrected chi connectivity index (χ1v) is 7.82. The number of nitrogens with one attached hydrogen (secondary N) is 1. The number of furan rings is 1. The Morgan fingerprint density at radius 3 is 3.00 bits per heavy atom. The molecule has 6 heteroatoms. The monoisotopic (exact) mass is 308 g/mol. The van der Waals surface area contributed by atoms with Gasteiger partial charge in [0.05, 0.1) is 6.54 Å². The number of carbonyl (C=O) groups excluding carboxylic acids is 2. The Balaban J connectivity index is 1.85. The fraction of sp³-hybridized carbons (Fsp3) is 0.625. The third kappa shape index (κ3) is 4.34. The standard InChI is InChI=1S/C16H24N2O4/c1-3-21-10-4-9-17-16(20)14-7-8-15(19)18(14)11-13-6-5-12(2)22-13/h5-6,14H,3-4,7-11H2,1-2H3,(H,17,20)/t14-/m1/s1. The number of aryl methyl sites for hydroxylation is 1. The molecular formula is C16H24N2O4. The molecule has 0 bridgehead atoms. The summed E-state index contributed by atoms with van der Waals surface area (Å²) in [6, 6.07) is 3.31. The minimum absolute atomic E-state index is 0.00326. The van der Waals surface area contributed by atoms with E-state index in [1.807, 2.05) is 26.0 Å². The molecule has 0 aromatic carbocycles. The highest BCUT2D eigenvalue weighted by Crippen LogP contribution is 2.22. The summed E-state index contributed by atoms with van der Waals surface area (Å²) in [6.07, 6.45) is 1.75. The molecule has 1 aliphatic rings. The van der Waals surface area contributed by atoms with Gasteiger partial charge in [-0.2, -0.15) is 0 Å². The van der Waals surface area contributed by atoms with E-state index >= 15 is 0 Å². The van der Waals surface area contributed by atoms with Gasteiger partial charge >= 0.3 is 0 Å². The van der Waals surface area contributed by atoms with Crippen LogP contribution in [-0.4, -0.2) is 42.5 Å². The second-order valence-corrected chi connectivity index (χ2v) is 5.43. The number of hydrogen-bond donors (Lipinski definition) is 1. The summed E-state index contributed by atoms with van der Waals surface area (Å²) in [5, 5.41) is 2.88. The maximum atomic E-state index is 12.3. The lowest BCUT2D eigenvalue weighted by molar-refractivity contribution is -0.136. The molecule has 1 aliphatic heterocycles. The molecule has 1 saturated heterocycles. The van der Waals surface area contributed by atoms with Crippen molar-refractivity contribution in [1.29, 1.82) is 0 Å². The molecule has 122 valence electrons. The molecule has 0 unspecified atom stereocenters. The minimum Gasteiger partial charge on any atom is -0.464 e. The van der Waals surface area contributed by atoms with E-state index in [-0.39, 0.29) is 11.8 Å². The average molecular weight is 308 g/mol. The fourth-order valence-corrected chi connectivity index (χ4v) is 2.59. The Kier molecular flexibility index (Phi) is 6.00. The van der Waals surface area contributed by atoms with E-state index in [0.29, 0.717) is 44.9 Å². The molecule has 22 heavy (non-hydrogen) atoms. The van der Waals surface area contributed by atoms with Crippen molar-refractivity contribution in [2.24, 2.45) is 0 Å². The van der Waals surface area contributed by atoms with E-state index in [1.54, 1.807) is 4.90 Å². The van der Waals surface area contributed by atoms with Crippen LogP contribution in [0.2, 0.25) is 0 Å². The van der Waals surface area contributed by atoms with Gasteiger partial charge in [-0.3, -0.25) is 9.59 Å². The molecule has 6 nitrogen and oxygen atoms in total. The van der Waals surface area contributed by atoms with E-state index in [4.69, 9.17) is 9.15 Å². The van der Waals surface area contributed by atoms with Crippen molar-refractivity contribution in [3.05, 3.63) is 23.7 Å². The zero-order valence-corrected chi connectivity index (χ0v) is 13.3. The van der Waals surface area contributed by atoms with Crippen LogP contribution in [0.1, 0.15) is 37.7 Å². The van der Waals surface area contributed by atoms with E-state index in [1.165, 1.54) is 0 Å². The van der Waals surface area contributed by atoms with Crippen LogP contribution in [0.5, 0.6) is 0 Å². The molecular weight excluding hydrogens is 284 g/mol. The Hall–Kier alpha value is -1.82. The smallest absolute Gasteiger partial charge is 0.242 e. The summed E-state index contributed by atoms with van der Waals surface area (Å²) in [5.41, 5.74) is 0. The van der Waals surface area contributed by atoms with Gasteiger partial charge in [-0.05, 0) is 38.8 Å². The van der Waals surface area contributed by atoms with Crippen LogP contribution >= 0.6 is 0 Å². The molecule has 0 saturated carbocycles. The summed E-state index contributed by atoms with van der Waals surface area (Å²) in [6.45, 7) is 6.03. The third-order valence-electron chi connectivity index (χ3n) is 3.72. The first-order chi connectivity index (χ1) is 10.6. The van der Waals surface area contributed by atoms with Crippen LogP contribution in [0.3, 0.4) is 0 Å². The van der Waals surface area contributed by atoms with E-state index in [0.717, 1.165) is 12.2 Å². The number of ether oxygens (including phenoxy) is 1. The maximum absolute atomic E-state index is 12.3.